The van der Waals surface area contributed by atoms with Gasteiger partial charge in [-0.05, 0) is 26.8 Å². The molecule has 0 bridgehead atoms. The third kappa shape index (κ3) is 5.59. The summed E-state index contributed by atoms with van der Waals surface area (Å²) in [5, 5.41) is 0. The van der Waals surface area contributed by atoms with Crippen LogP contribution in [0.2, 0.25) is 0 Å². The summed E-state index contributed by atoms with van der Waals surface area (Å²) in [6.45, 7) is 6.00. The second-order valence-electron chi connectivity index (χ2n) is 5.62. The highest BCUT2D eigenvalue weighted by Gasteiger charge is 2.19. The van der Waals surface area contributed by atoms with Crippen LogP contribution in [0.15, 0.2) is 12.1 Å². The van der Waals surface area contributed by atoms with Gasteiger partial charge in [0.05, 0.1) is 19.2 Å². The van der Waals surface area contributed by atoms with Crippen LogP contribution in [-0.2, 0) is 4.74 Å². The molecule has 0 saturated carbocycles. The van der Waals surface area contributed by atoms with Crippen LogP contribution < -0.4 is 9.47 Å². The smallest absolute Gasteiger partial charge is 0.410 e. The summed E-state index contributed by atoms with van der Waals surface area (Å²) in [7, 11) is 3.05. The number of pyridine rings is 1. The molecule has 1 rings (SSSR count). The van der Waals surface area contributed by atoms with Gasteiger partial charge in [0.25, 0.3) is 0 Å². The van der Waals surface area contributed by atoms with E-state index in [0.29, 0.717) is 24.3 Å². The molecule has 0 spiro atoms. The van der Waals surface area contributed by atoms with Crippen LogP contribution in [0.5, 0.6) is 11.8 Å². The number of nitrogens with zero attached hydrogens (tertiary/aromatic N) is 2. The lowest BCUT2D eigenvalue weighted by Gasteiger charge is -2.24. The summed E-state index contributed by atoms with van der Waals surface area (Å²) in [5.41, 5.74) is -0.188. The van der Waals surface area contributed by atoms with Gasteiger partial charge in [-0.1, -0.05) is 0 Å². The lowest BCUT2D eigenvalue weighted by Crippen LogP contribution is -2.36. The highest BCUT2D eigenvalue weighted by atomic mass is 16.6. The maximum absolute atomic E-state index is 11.8. The summed E-state index contributed by atoms with van der Waals surface area (Å²) < 4.78 is 15.7. The molecule has 0 saturated heterocycles. The maximum Gasteiger partial charge on any atom is 0.410 e. The number of rotatable bonds is 6. The molecule has 0 atom stereocenters. The zero-order chi connectivity index (χ0) is 16.8. The van der Waals surface area contributed by atoms with E-state index in [9.17, 15) is 9.59 Å². The van der Waals surface area contributed by atoms with Crippen molar-refractivity contribution in [2.75, 3.05) is 27.3 Å². The van der Waals surface area contributed by atoms with Crippen LogP contribution in [-0.4, -0.2) is 55.2 Å². The van der Waals surface area contributed by atoms with E-state index >= 15 is 0 Å². The second-order valence-corrected chi connectivity index (χ2v) is 5.62. The second kappa shape index (κ2) is 7.63. The Labute approximate surface area is 130 Å². The van der Waals surface area contributed by atoms with Crippen molar-refractivity contribution >= 4 is 12.4 Å². The average molecular weight is 310 g/mol. The van der Waals surface area contributed by atoms with E-state index < -0.39 is 11.7 Å². The largest absolute Gasteiger partial charge is 0.480 e. The molecule has 1 heterocycles. The summed E-state index contributed by atoms with van der Waals surface area (Å²) in [5.74, 6) is 0.521. The van der Waals surface area contributed by atoms with Gasteiger partial charge in [-0.2, -0.15) is 4.98 Å². The van der Waals surface area contributed by atoms with Crippen molar-refractivity contribution in [3.05, 3.63) is 17.7 Å². The molecule has 7 nitrogen and oxygen atoms in total. The molecular formula is C15H22N2O5. The van der Waals surface area contributed by atoms with Crippen LogP contribution in [0.3, 0.4) is 0 Å². The fourth-order valence-electron chi connectivity index (χ4n) is 1.49. The number of aromatic nitrogens is 1. The molecule has 0 N–H and O–H groups in total. The Morgan fingerprint density at radius 2 is 2.05 bits per heavy atom. The van der Waals surface area contributed by atoms with E-state index in [1.54, 1.807) is 40.0 Å². The van der Waals surface area contributed by atoms with Gasteiger partial charge in [-0.3, -0.25) is 4.79 Å². The molecule has 7 heteroatoms. The third-order valence-electron chi connectivity index (χ3n) is 2.57. The van der Waals surface area contributed by atoms with Gasteiger partial charge in [0.2, 0.25) is 11.8 Å². The molecular weight excluding hydrogens is 288 g/mol. The zero-order valence-electron chi connectivity index (χ0n) is 13.6. The first kappa shape index (κ1) is 17.7. The number of hydrogen-bond acceptors (Lipinski definition) is 6. The monoisotopic (exact) mass is 310 g/mol. The van der Waals surface area contributed by atoms with Crippen molar-refractivity contribution in [3.63, 3.8) is 0 Å². The third-order valence-corrected chi connectivity index (χ3v) is 2.57. The molecule has 0 fully saturated rings. The van der Waals surface area contributed by atoms with E-state index in [-0.39, 0.29) is 12.5 Å². The first-order valence-electron chi connectivity index (χ1n) is 6.84. The fourth-order valence-corrected chi connectivity index (χ4v) is 1.49. The van der Waals surface area contributed by atoms with Crippen molar-refractivity contribution in [3.8, 4) is 11.8 Å². The van der Waals surface area contributed by atoms with E-state index in [1.165, 1.54) is 12.0 Å². The quantitative estimate of drug-likeness (QED) is 0.749. The number of ether oxygens (including phenoxy) is 3. The van der Waals surface area contributed by atoms with E-state index in [4.69, 9.17) is 14.2 Å². The first-order chi connectivity index (χ1) is 10.3. The Morgan fingerprint density at radius 3 is 2.59 bits per heavy atom. The van der Waals surface area contributed by atoms with Crippen LogP contribution in [0.25, 0.3) is 0 Å². The summed E-state index contributed by atoms with van der Waals surface area (Å²) in [6.07, 6.45) is 0.240. The topological polar surface area (TPSA) is 78.0 Å². The minimum absolute atomic E-state index is 0.202. The van der Waals surface area contributed by atoms with Crippen LogP contribution in [0.4, 0.5) is 4.79 Å². The Morgan fingerprint density at radius 1 is 1.36 bits per heavy atom. The fraction of sp³-hybridized carbons (Fsp3) is 0.533. The van der Waals surface area contributed by atoms with Crippen molar-refractivity contribution in [1.29, 1.82) is 0 Å². The number of carbonyl (C=O) groups is 2. The minimum atomic E-state index is -0.536. The van der Waals surface area contributed by atoms with Gasteiger partial charge in [0, 0.05) is 13.1 Å². The lowest BCUT2D eigenvalue weighted by molar-refractivity contribution is 0.0277. The highest BCUT2D eigenvalue weighted by Crippen LogP contribution is 2.18. The van der Waals surface area contributed by atoms with Gasteiger partial charge in [-0.15, -0.1) is 0 Å². The van der Waals surface area contributed by atoms with Gasteiger partial charge in [-0.25, -0.2) is 4.79 Å². The molecule has 0 unspecified atom stereocenters. The van der Waals surface area contributed by atoms with Gasteiger partial charge < -0.3 is 19.1 Å². The molecule has 122 valence electrons. The van der Waals surface area contributed by atoms with Crippen molar-refractivity contribution in [2.45, 2.75) is 26.4 Å². The molecule has 0 aliphatic rings. The molecule has 0 aliphatic heterocycles. The summed E-state index contributed by atoms with van der Waals surface area (Å²) >= 11 is 0. The van der Waals surface area contributed by atoms with Gasteiger partial charge >= 0.3 is 6.09 Å². The van der Waals surface area contributed by atoms with Crippen LogP contribution >= 0.6 is 0 Å². The van der Waals surface area contributed by atoms with Gasteiger partial charge in [0.15, 0.2) is 6.29 Å². The summed E-state index contributed by atoms with van der Waals surface area (Å²) in [4.78, 5) is 28.0. The maximum atomic E-state index is 11.8. The average Bonchev–Trinajstić information content (AvgIpc) is 2.45. The molecule has 1 aromatic heterocycles. The zero-order valence-corrected chi connectivity index (χ0v) is 13.6. The molecule has 0 aromatic carbocycles. The lowest BCUT2D eigenvalue weighted by atomic mass is 10.2. The predicted octanol–water partition coefficient (Wildman–Crippen LogP) is 2.15. The molecule has 0 radical (unpaired) electrons. The minimum Gasteiger partial charge on any atom is -0.480 e. The molecule has 0 aliphatic carbocycles. The number of amides is 1. The summed E-state index contributed by atoms with van der Waals surface area (Å²) in [6, 6.07) is 3.13. The Balaban J connectivity index is 2.50. The number of likely N-dealkylation sites (N-methyl/N-ethyl adjacent to an activating group) is 1. The Bertz CT molecular complexity index is 525. The predicted molar refractivity (Wildman–Crippen MR) is 80.5 cm³/mol. The van der Waals surface area contributed by atoms with Crippen LogP contribution in [0.1, 0.15) is 31.1 Å². The van der Waals surface area contributed by atoms with E-state index in [1.807, 2.05) is 0 Å². The molecule has 1 amide bonds. The standard InChI is InChI=1S/C15H22N2O5/c1-15(2,3)22-14(19)17(4)8-9-21-12-7-6-11(10-18)13(16-12)20-5/h6-7,10H,8-9H2,1-5H3. The number of carbonyl (C=O) groups excluding carboxylic acids is 2. The molecule has 1 aromatic rings. The van der Waals surface area contributed by atoms with Crippen molar-refractivity contribution < 1.29 is 23.8 Å². The molecule has 22 heavy (non-hydrogen) atoms. The van der Waals surface area contributed by atoms with E-state index in [2.05, 4.69) is 4.98 Å². The van der Waals surface area contributed by atoms with Gasteiger partial charge in [0.1, 0.15) is 12.2 Å². The van der Waals surface area contributed by atoms with Crippen molar-refractivity contribution in [2.24, 2.45) is 0 Å². The van der Waals surface area contributed by atoms with Crippen LogP contribution in [0, 0.1) is 0 Å². The highest BCUT2D eigenvalue weighted by molar-refractivity contribution is 5.78. The first-order valence-corrected chi connectivity index (χ1v) is 6.84. The SMILES string of the molecule is COc1nc(OCCN(C)C(=O)OC(C)(C)C)ccc1C=O. The number of aldehydes is 1. The Hall–Kier alpha value is -2.31. The normalized spacial score (nSPS) is 10.8. The Kier molecular flexibility index (Phi) is 6.15. The number of methoxy groups -OCH3 is 1. The number of hydrogen-bond donors (Lipinski definition) is 0. The van der Waals surface area contributed by atoms with E-state index in [0.717, 1.165) is 0 Å². The van der Waals surface area contributed by atoms with Crippen molar-refractivity contribution in [1.82, 2.24) is 9.88 Å².